The molecule has 1 amide bonds. The lowest BCUT2D eigenvalue weighted by Gasteiger charge is -2.14. The van der Waals surface area contributed by atoms with Crippen LogP contribution in [0.15, 0.2) is 16.0 Å². The van der Waals surface area contributed by atoms with Crippen LogP contribution < -0.4 is 11.5 Å². The molecule has 0 atom stereocenters. The molecule has 8 heteroatoms. The van der Waals surface area contributed by atoms with E-state index in [0.717, 1.165) is 6.26 Å². The number of aryl methyl sites for hydroxylation is 1. The van der Waals surface area contributed by atoms with E-state index >= 15 is 0 Å². The van der Waals surface area contributed by atoms with Crippen molar-refractivity contribution < 1.29 is 17.6 Å². The molecule has 0 fully saturated rings. The van der Waals surface area contributed by atoms with E-state index in [-0.39, 0.29) is 16.0 Å². The second kappa shape index (κ2) is 5.58. The summed E-state index contributed by atoms with van der Waals surface area (Å²) in [6.07, 6.45) is 0.961. The molecular weight excluding hydrogens is 285 g/mol. The molecule has 1 rings (SSSR count). The third kappa shape index (κ3) is 3.13. The number of halogens is 1. The summed E-state index contributed by atoms with van der Waals surface area (Å²) < 4.78 is 36.9. The fraction of sp³-hybridized carbons (Fsp3) is 0.333. The van der Waals surface area contributed by atoms with Crippen LogP contribution >= 0.6 is 0 Å². The van der Waals surface area contributed by atoms with Crippen molar-refractivity contribution in [2.45, 2.75) is 25.4 Å². The number of alkyl halides is 1. The molecule has 1 aromatic rings. The van der Waals surface area contributed by atoms with Gasteiger partial charge in [0.25, 0.3) is 5.91 Å². The van der Waals surface area contributed by atoms with Crippen LogP contribution in [0.5, 0.6) is 0 Å². The van der Waals surface area contributed by atoms with Crippen molar-refractivity contribution in [2.75, 3.05) is 6.26 Å². The SMILES string of the molecule is Cc1cc(C(=O)N=C(N)N)c(CF)c(S(C)(=O)=O)c1C. The molecule has 20 heavy (non-hydrogen) atoms. The molecule has 0 aliphatic heterocycles. The number of guanidine groups is 1. The predicted molar refractivity (Wildman–Crippen MR) is 74.0 cm³/mol. The molecule has 0 heterocycles. The number of nitrogens with zero attached hydrogens (tertiary/aromatic N) is 1. The molecule has 0 saturated heterocycles. The monoisotopic (exact) mass is 301 g/mol. The first kappa shape index (κ1) is 16.1. The molecule has 110 valence electrons. The van der Waals surface area contributed by atoms with Crippen LogP contribution in [0.25, 0.3) is 0 Å². The summed E-state index contributed by atoms with van der Waals surface area (Å²) in [6.45, 7) is 2.07. The Morgan fingerprint density at radius 1 is 1.35 bits per heavy atom. The van der Waals surface area contributed by atoms with Crippen molar-refractivity contribution in [3.05, 3.63) is 28.3 Å². The average Bonchev–Trinajstić information content (AvgIpc) is 2.28. The summed E-state index contributed by atoms with van der Waals surface area (Å²) in [4.78, 5) is 15.0. The molecule has 0 saturated carbocycles. The normalized spacial score (nSPS) is 11.2. The third-order valence-corrected chi connectivity index (χ3v) is 4.15. The molecule has 0 aromatic heterocycles. The fourth-order valence-corrected chi connectivity index (χ4v) is 3.27. The predicted octanol–water partition coefficient (Wildman–Crippen LogP) is 0.590. The number of sulfone groups is 1. The number of hydrogen-bond donors (Lipinski definition) is 2. The van der Waals surface area contributed by atoms with Crippen LogP contribution in [0.2, 0.25) is 0 Å². The Morgan fingerprint density at radius 2 is 1.90 bits per heavy atom. The molecule has 0 radical (unpaired) electrons. The minimum absolute atomic E-state index is 0.149. The lowest BCUT2D eigenvalue weighted by atomic mass is 10.00. The van der Waals surface area contributed by atoms with Gasteiger partial charge < -0.3 is 11.5 Å². The van der Waals surface area contributed by atoms with E-state index in [9.17, 15) is 17.6 Å². The van der Waals surface area contributed by atoms with Gasteiger partial charge in [0.05, 0.1) is 4.90 Å². The summed E-state index contributed by atoms with van der Waals surface area (Å²) in [5.41, 5.74) is 10.8. The zero-order chi connectivity index (χ0) is 15.7. The molecule has 0 unspecified atom stereocenters. The number of aliphatic imine (C=N–C) groups is 1. The maximum absolute atomic E-state index is 13.3. The Labute approximate surface area is 116 Å². The summed E-state index contributed by atoms with van der Waals surface area (Å²) >= 11 is 0. The van der Waals surface area contributed by atoms with Gasteiger partial charge in [-0.1, -0.05) is 0 Å². The molecule has 1 aromatic carbocycles. The second-order valence-corrected chi connectivity index (χ2v) is 6.37. The van der Waals surface area contributed by atoms with E-state index in [1.807, 2.05) is 0 Å². The maximum Gasteiger partial charge on any atom is 0.280 e. The smallest absolute Gasteiger partial charge is 0.280 e. The zero-order valence-corrected chi connectivity index (χ0v) is 12.2. The third-order valence-electron chi connectivity index (χ3n) is 2.86. The average molecular weight is 301 g/mol. The van der Waals surface area contributed by atoms with Gasteiger partial charge in [-0.3, -0.25) is 4.79 Å². The number of rotatable bonds is 3. The van der Waals surface area contributed by atoms with Gasteiger partial charge in [-0.15, -0.1) is 0 Å². The second-order valence-electron chi connectivity index (χ2n) is 4.42. The minimum atomic E-state index is -3.69. The van der Waals surface area contributed by atoms with Crippen molar-refractivity contribution in [3.63, 3.8) is 0 Å². The Bertz CT molecular complexity index is 692. The van der Waals surface area contributed by atoms with E-state index in [0.29, 0.717) is 11.1 Å². The number of amides is 1. The highest BCUT2D eigenvalue weighted by atomic mass is 32.2. The quantitative estimate of drug-likeness (QED) is 0.626. The largest absolute Gasteiger partial charge is 0.370 e. The number of hydrogen-bond acceptors (Lipinski definition) is 3. The Kier molecular flexibility index (Phi) is 4.49. The highest BCUT2D eigenvalue weighted by Crippen LogP contribution is 2.28. The van der Waals surface area contributed by atoms with Crippen LogP contribution in [0.3, 0.4) is 0 Å². The molecule has 0 bridgehead atoms. The van der Waals surface area contributed by atoms with E-state index < -0.39 is 28.4 Å². The highest BCUT2D eigenvalue weighted by molar-refractivity contribution is 7.90. The first-order valence-corrected chi connectivity index (χ1v) is 7.51. The van der Waals surface area contributed by atoms with Crippen molar-refractivity contribution in [2.24, 2.45) is 16.5 Å². The number of benzene rings is 1. The Morgan fingerprint density at radius 3 is 2.30 bits per heavy atom. The van der Waals surface area contributed by atoms with Crippen LogP contribution in [-0.2, 0) is 16.5 Å². The summed E-state index contributed by atoms with van der Waals surface area (Å²) in [6, 6.07) is 1.38. The maximum atomic E-state index is 13.3. The van der Waals surface area contributed by atoms with Gasteiger partial charge in [0.1, 0.15) is 6.67 Å². The summed E-state index contributed by atoms with van der Waals surface area (Å²) in [5.74, 6) is -1.34. The van der Waals surface area contributed by atoms with Crippen LogP contribution in [0, 0.1) is 13.8 Å². The lowest BCUT2D eigenvalue weighted by Crippen LogP contribution is -2.24. The van der Waals surface area contributed by atoms with Crippen molar-refractivity contribution in [1.29, 1.82) is 0 Å². The van der Waals surface area contributed by atoms with E-state index in [1.54, 1.807) is 13.8 Å². The topological polar surface area (TPSA) is 116 Å². The Hall–Kier alpha value is -1.96. The fourth-order valence-electron chi connectivity index (χ4n) is 1.94. The Balaban J connectivity index is 3.77. The number of carbonyl (C=O) groups is 1. The van der Waals surface area contributed by atoms with Gasteiger partial charge in [-0.05, 0) is 31.0 Å². The molecule has 0 aliphatic carbocycles. The molecule has 0 aliphatic rings. The molecule has 0 spiro atoms. The van der Waals surface area contributed by atoms with Gasteiger partial charge in [-0.25, -0.2) is 12.8 Å². The minimum Gasteiger partial charge on any atom is -0.370 e. The first-order valence-electron chi connectivity index (χ1n) is 5.62. The van der Waals surface area contributed by atoms with Gasteiger partial charge in [-0.2, -0.15) is 4.99 Å². The van der Waals surface area contributed by atoms with Crippen molar-refractivity contribution in [1.82, 2.24) is 0 Å². The van der Waals surface area contributed by atoms with E-state index in [4.69, 9.17) is 11.5 Å². The highest BCUT2D eigenvalue weighted by Gasteiger charge is 2.24. The first-order chi connectivity index (χ1) is 9.09. The van der Waals surface area contributed by atoms with Crippen LogP contribution in [0.1, 0.15) is 27.0 Å². The number of carbonyl (C=O) groups excluding carboxylic acids is 1. The molecule has 4 N–H and O–H groups in total. The number of nitrogens with two attached hydrogens (primary N) is 2. The standard InChI is InChI=1S/C12H16FN3O3S/c1-6-4-8(11(17)16-12(14)15)9(5-13)10(7(6)2)20(3,18)19/h4H,5H2,1-3H3,(H4,14,15,16,17). The van der Waals surface area contributed by atoms with Gasteiger partial charge in [0.15, 0.2) is 15.8 Å². The van der Waals surface area contributed by atoms with Crippen molar-refractivity contribution in [3.8, 4) is 0 Å². The van der Waals surface area contributed by atoms with Crippen LogP contribution in [-0.4, -0.2) is 26.5 Å². The summed E-state index contributed by atoms with van der Waals surface area (Å²) in [7, 11) is -3.69. The lowest BCUT2D eigenvalue weighted by molar-refractivity contribution is 0.100. The van der Waals surface area contributed by atoms with Gasteiger partial charge in [0.2, 0.25) is 0 Å². The zero-order valence-electron chi connectivity index (χ0n) is 11.4. The summed E-state index contributed by atoms with van der Waals surface area (Å²) in [5, 5.41) is 0. The molecule has 6 nitrogen and oxygen atoms in total. The van der Waals surface area contributed by atoms with Gasteiger partial charge in [0, 0.05) is 17.4 Å². The van der Waals surface area contributed by atoms with Gasteiger partial charge >= 0.3 is 0 Å². The van der Waals surface area contributed by atoms with Crippen molar-refractivity contribution >= 4 is 21.7 Å². The van der Waals surface area contributed by atoms with E-state index in [1.165, 1.54) is 6.07 Å². The van der Waals surface area contributed by atoms with Crippen LogP contribution in [0.4, 0.5) is 4.39 Å². The van der Waals surface area contributed by atoms with E-state index in [2.05, 4.69) is 4.99 Å². The molecular formula is C12H16FN3O3S.